The number of halogens is 2. The molecule has 2 rings (SSSR count). The van der Waals surface area contributed by atoms with E-state index in [0.717, 1.165) is 16.6 Å². The van der Waals surface area contributed by atoms with Crippen LogP contribution in [0.1, 0.15) is 38.3 Å². The number of amides is 2. The molecule has 0 radical (unpaired) electrons. The van der Waals surface area contributed by atoms with Gasteiger partial charge in [-0.1, -0.05) is 56.1 Å². The van der Waals surface area contributed by atoms with Crippen molar-refractivity contribution in [2.24, 2.45) is 5.92 Å². The Balaban J connectivity index is 2.55. The second kappa shape index (κ2) is 13.3. The van der Waals surface area contributed by atoms with E-state index in [0.29, 0.717) is 22.7 Å². The van der Waals surface area contributed by atoms with Gasteiger partial charge in [0.25, 0.3) is 5.69 Å². The lowest BCUT2D eigenvalue weighted by atomic mass is 10.1. The van der Waals surface area contributed by atoms with Crippen molar-refractivity contribution >= 4 is 56.4 Å². The number of nitro groups is 1. The Bertz CT molecular complexity index is 1300. The largest absolute Gasteiger partial charge is 0.354 e. The number of sulfonamides is 1. The van der Waals surface area contributed by atoms with Crippen LogP contribution < -0.4 is 9.62 Å². The van der Waals surface area contributed by atoms with E-state index in [-0.39, 0.29) is 35.3 Å². The average molecular weight is 588 g/mol. The van der Waals surface area contributed by atoms with Crippen LogP contribution in [0.4, 0.5) is 11.4 Å². The van der Waals surface area contributed by atoms with E-state index < -0.39 is 39.3 Å². The second-order valence-corrected chi connectivity index (χ2v) is 12.1. The van der Waals surface area contributed by atoms with Crippen molar-refractivity contribution in [3.63, 3.8) is 0 Å². The van der Waals surface area contributed by atoms with E-state index in [1.807, 2.05) is 13.8 Å². The molecule has 0 aliphatic carbocycles. The molecule has 1 N–H and O–H groups in total. The van der Waals surface area contributed by atoms with Gasteiger partial charge in [-0.3, -0.25) is 24.0 Å². The molecule has 13 heteroatoms. The lowest BCUT2D eigenvalue weighted by Crippen LogP contribution is -2.52. The van der Waals surface area contributed by atoms with Crippen molar-refractivity contribution in [2.75, 3.05) is 23.7 Å². The molecule has 0 aromatic heterocycles. The minimum absolute atomic E-state index is 0.00293. The molecule has 1 unspecified atom stereocenters. The van der Waals surface area contributed by atoms with Gasteiger partial charge in [0, 0.05) is 35.3 Å². The van der Waals surface area contributed by atoms with Crippen molar-refractivity contribution < 1.29 is 22.9 Å². The van der Waals surface area contributed by atoms with E-state index in [1.165, 1.54) is 23.1 Å². The van der Waals surface area contributed by atoms with Gasteiger partial charge in [-0.25, -0.2) is 8.42 Å². The van der Waals surface area contributed by atoms with E-state index in [4.69, 9.17) is 23.2 Å². The molecule has 0 spiro atoms. The smallest absolute Gasteiger partial charge is 0.271 e. The Hall–Kier alpha value is -2.89. The van der Waals surface area contributed by atoms with Crippen LogP contribution in [-0.4, -0.2) is 55.4 Å². The van der Waals surface area contributed by atoms with Crippen LogP contribution in [0, 0.1) is 23.0 Å². The van der Waals surface area contributed by atoms with Gasteiger partial charge >= 0.3 is 0 Å². The number of hydrogen-bond donors (Lipinski definition) is 1. The molecular weight excluding hydrogens is 555 g/mol. The third kappa shape index (κ3) is 8.31. The van der Waals surface area contributed by atoms with E-state index in [9.17, 15) is 28.1 Å². The number of carbonyl (C=O) groups is 2. The second-order valence-electron chi connectivity index (χ2n) is 9.32. The maximum absolute atomic E-state index is 13.8. The lowest BCUT2D eigenvalue weighted by Gasteiger charge is -2.33. The highest BCUT2D eigenvalue weighted by Gasteiger charge is 2.33. The molecule has 0 bridgehead atoms. The zero-order chi connectivity index (χ0) is 28.8. The molecule has 2 aromatic rings. The van der Waals surface area contributed by atoms with Crippen LogP contribution in [-0.2, 0) is 26.2 Å². The van der Waals surface area contributed by atoms with Gasteiger partial charge in [0.2, 0.25) is 21.8 Å². The van der Waals surface area contributed by atoms with Crippen LogP contribution in [0.25, 0.3) is 0 Å². The van der Waals surface area contributed by atoms with Gasteiger partial charge in [0.15, 0.2) is 0 Å². The summed E-state index contributed by atoms with van der Waals surface area (Å²) in [5.74, 6) is -0.903. The highest BCUT2D eigenvalue weighted by Crippen LogP contribution is 2.29. The summed E-state index contributed by atoms with van der Waals surface area (Å²) in [5.41, 5.74) is 0.604. The number of anilines is 1. The fourth-order valence-corrected chi connectivity index (χ4v) is 5.12. The number of rotatable bonds is 12. The molecule has 0 aliphatic heterocycles. The van der Waals surface area contributed by atoms with Crippen molar-refractivity contribution in [1.29, 1.82) is 0 Å². The number of nitrogens with zero attached hydrogens (tertiary/aromatic N) is 3. The minimum atomic E-state index is -4.05. The van der Waals surface area contributed by atoms with Crippen LogP contribution in [0.2, 0.25) is 10.0 Å². The van der Waals surface area contributed by atoms with E-state index >= 15 is 0 Å². The Kier molecular flexibility index (Phi) is 10.9. The molecule has 2 aromatic carbocycles. The summed E-state index contributed by atoms with van der Waals surface area (Å²) in [6.45, 7) is 6.81. The first kappa shape index (κ1) is 31.3. The molecule has 2 amide bonds. The summed E-state index contributed by atoms with van der Waals surface area (Å²) in [4.78, 5) is 38.8. The molecule has 38 heavy (non-hydrogen) atoms. The summed E-state index contributed by atoms with van der Waals surface area (Å²) in [6.07, 6.45) is 1.15. The third-order valence-corrected chi connectivity index (χ3v) is 7.49. The SMILES string of the molecule is CCC(C(=O)NCC(C)C)N(Cc1ccc(Cl)cc1Cl)C(=O)CN(c1cc([N+](=O)[O-])ccc1C)S(C)(=O)=O. The lowest BCUT2D eigenvalue weighted by molar-refractivity contribution is -0.384. The van der Waals surface area contributed by atoms with Crippen LogP contribution in [0.15, 0.2) is 36.4 Å². The van der Waals surface area contributed by atoms with Gasteiger partial charge in [-0.2, -0.15) is 0 Å². The summed E-state index contributed by atoms with van der Waals surface area (Å²) in [7, 11) is -4.05. The molecule has 0 heterocycles. The predicted octanol–water partition coefficient (Wildman–Crippen LogP) is 4.56. The summed E-state index contributed by atoms with van der Waals surface area (Å²) in [5, 5.41) is 14.8. The number of non-ortho nitro benzene ring substituents is 1. The highest BCUT2D eigenvalue weighted by atomic mass is 35.5. The fourth-order valence-electron chi connectivity index (χ4n) is 3.75. The van der Waals surface area contributed by atoms with Crippen LogP contribution >= 0.6 is 23.2 Å². The van der Waals surface area contributed by atoms with Gasteiger partial charge in [0.05, 0.1) is 16.9 Å². The standard InChI is InChI=1S/C25H32Cl2N4O6S/c1-6-22(25(33)28-13-16(2)3)29(14-18-8-9-19(26)11-21(18)27)24(32)15-30(38(5,36)37)23-12-20(31(34)35)10-7-17(23)4/h7-12,16,22H,6,13-15H2,1-5H3,(H,28,33). The monoisotopic (exact) mass is 586 g/mol. The van der Waals surface area contributed by atoms with Crippen LogP contribution in [0.5, 0.6) is 0 Å². The van der Waals surface area contributed by atoms with E-state index in [1.54, 1.807) is 26.0 Å². The van der Waals surface area contributed by atoms with Gasteiger partial charge in [-0.05, 0) is 42.5 Å². The van der Waals surface area contributed by atoms with Gasteiger partial charge in [0.1, 0.15) is 12.6 Å². The number of hydrogen-bond acceptors (Lipinski definition) is 6. The Morgan fingerprint density at radius 3 is 2.32 bits per heavy atom. The molecule has 0 fully saturated rings. The molecule has 208 valence electrons. The zero-order valence-corrected chi connectivity index (χ0v) is 24.2. The first-order chi connectivity index (χ1) is 17.6. The molecule has 0 saturated heterocycles. The molecule has 0 saturated carbocycles. The molecular formula is C25H32Cl2N4O6S. The summed E-state index contributed by atoms with van der Waals surface area (Å²) < 4.78 is 26.4. The number of carbonyl (C=O) groups excluding carboxylic acids is 2. The third-order valence-electron chi connectivity index (χ3n) is 5.78. The van der Waals surface area contributed by atoms with Gasteiger partial charge in [-0.15, -0.1) is 0 Å². The van der Waals surface area contributed by atoms with Crippen molar-refractivity contribution in [1.82, 2.24) is 10.2 Å². The zero-order valence-electron chi connectivity index (χ0n) is 21.9. The first-order valence-corrected chi connectivity index (χ1v) is 14.5. The maximum Gasteiger partial charge on any atom is 0.271 e. The first-order valence-electron chi connectivity index (χ1n) is 11.9. The van der Waals surface area contributed by atoms with Crippen molar-refractivity contribution in [3.8, 4) is 0 Å². The molecule has 0 aliphatic rings. The maximum atomic E-state index is 13.8. The van der Waals surface area contributed by atoms with Gasteiger partial charge < -0.3 is 10.2 Å². The number of nitro benzene ring substituents is 1. The Morgan fingerprint density at radius 1 is 1.13 bits per heavy atom. The average Bonchev–Trinajstić information content (AvgIpc) is 2.81. The molecule has 1 atom stereocenters. The van der Waals surface area contributed by atoms with Crippen LogP contribution in [0.3, 0.4) is 0 Å². The number of nitrogens with one attached hydrogen (secondary N) is 1. The number of benzene rings is 2. The fraction of sp³-hybridized carbons (Fsp3) is 0.440. The topological polar surface area (TPSA) is 130 Å². The van der Waals surface area contributed by atoms with Crippen molar-refractivity contribution in [3.05, 3.63) is 67.7 Å². The number of aryl methyl sites for hydroxylation is 1. The van der Waals surface area contributed by atoms with E-state index in [2.05, 4.69) is 5.32 Å². The minimum Gasteiger partial charge on any atom is -0.354 e. The quantitative estimate of drug-likeness (QED) is 0.286. The molecule has 10 nitrogen and oxygen atoms in total. The Labute approximate surface area is 233 Å². The predicted molar refractivity (Wildman–Crippen MR) is 149 cm³/mol. The summed E-state index contributed by atoms with van der Waals surface area (Å²) >= 11 is 12.4. The highest BCUT2D eigenvalue weighted by molar-refractivity contribution is 7.92. The Morgan fingerprint density at radius 2 is 1.79 bits per heavy atom. The van der Waals surface area contributed by atoms with Crippen molar-refractivity contribution in [2.45, 2.75) is 46.7 Å². The normalized spacial score (nSPS) is 12.2. The summed E-state index contributed by atoms with van der Waals surface area (Å²) in [6, 6.07) is 7.58.